The third kappa shape index (κ3) is 7.18. The van der Waals surface area contributed by atoms with Gasteiger partial charge in [0.15, 0.2) is 5.78 Å². The van der Waals surface area contributed by atoms with E-state index in [9.17, 15) is 19.6 Å². The van der Waals surface area contributed by atoms with Gasteiger partial charge in [0.25, 0.3) is 0 Å². The van der Waals surface area contributed by atoms with Crippen LogP contribution in [0.3, 0.4) is 0 Å². The van der Waals surface area contributed by atoms with E-state index in [-0.39, 0.29) is 36.4 Å². The van der Waals surface area contributed by atoms with Crippen LogP contribution in [0.5, 0.6) is 5.75 Å². The van der Waals surface area contributed by atoms with Crippen molar-refractivity contribution < 1.29 is 23.9 Å². The predicted molar refractivity (Wildman–Crippen MR) is 145 cm³/mol. The number of carbonyl (C=O) groups excluding carboxylic acids is 3. The zero-order valence-electron chi connectivity index (χ0n) is 22.4. The van der Waals surface area contributed by atoms with Crippen molar-refractivity contribution in [2.75, 3.05) is 26.4 Å². The Bertz CT molecular complexity index is 1220. The van der Waals surface area contributed by atoms with Crippen LogP contribution in [-0.2, 0) is 14.3 Å². The maximum absolute atomic E-state index is 13.4. The van der Waals surface area contributed by atoms with E-state index < -0.39 is 12.0 Å². The molecule has 5 rings (SSSR count). The van der Waals surface area contributed by atoms with Crippen molar-refractivity contribution in [2.45, 2.75) is 63.8 Å². The number of amides is 2. The lowest BCUT2D eigenvalue weighted by Gasteiger charge is -2.21. The van der Waals surface area contributed by atoms with Crippen molar-refractivity contribution in [1.82, 2.24) is 15.6 Å². The van der Waals surface area contributed by atoms with E-state index in [2.05, 4.69) is 21.7 Å². The quantitative estimate of drug-likeness (QED) is 0.334. The minimum atomic E-state index is -0.753. The Balaban J connectivity index is 1.21. The molecule has 2 amide bonds. The first-order valence-electron chi connectivity index (χ1n) is 14.3. The number of aromatic amines is 1. The highest BCUT2D eigenvalue weighted by molar-refractivity contribution is 6.02. The highest BCUT2D eigenvalue weighted by atomic mass is 16.5. The topological polar surface area (TPSA) is 133 Å². The molecule has 0 radical (unpaired) electrons. The van der Waals surface area contributed by atoms with Crippen LogP contribution in [0.15, 0.2) is 24.3 Å². The van der Waals surface area contributed by atoms with Crippen LogP contribution in [0.2, 0.25) is 0 Å². The molecule has 3 heterocycles. The Morgan fingerprint density at radius 1 is 1.13 bits per heavy atom. The van der Waals surface area contributed by atoms with Gasteiger partial charge in [-0.3, -0.25) is 14.4 Å². The first-order chi connectivity index (χ1) is 19.0. The SMILES string of the molecule is N#C[C@H](C[C@@H]1CCNC1=O)NC(=O)[C@@H](CC(=O)c1cc2c(OCCC3CCOCC3)cccc2[nH]1)CC1CC1. The van der Waals surface area contributed by atoms with E-state index in [0.717, 1.165) is 62.0 Å². The number of aromatic nitrogens is 1. The largest absolute Gasteiger partial charge is 0.493 e. The maximum atomic E-state index is 13.4. The number of ketones is 1. The zero-order chi connectivity index (χ0) is 27.2. The molecule has 2 saturated heterocycles. The summed E-state index contributed by atoms with van der Waals surface area (Å²) in [5.74, 6) is 0.532. The first-order valence-corrected chi connectivity index (χ1v) is 14.3. The lowest BCUT2D eigenvalue weighted by Crippen LogP contribution is -2.40. The molecule has 3 N–H and O–H groups in total. The number of ether oxygens (including phenoxy) is 2. The number of H-pyrrole nitrogens is 1. The summed E-state index contributed by atoms with van der Waals surface area (Å²) in [5, 5.41) is 16.1. The molecule has 3 aliphatic rings. The van der Waals surface area contributed by atoms with Crippen LogP contribution in [0.25, 0.3) is 10.9 Å². The summed E-state index contributed by atoms with van der Waals surface area (Å²) < 4.78 is 11.6. The monoisotopic (exact) mass is 534 g/mol. The summed E-state index contributed by atoms with van der Waals surface area (Å²) in [6, 6.07) is 8.95. The van der Waals surface area contributed by atoms with Crippen LogP contribution in [0, 0.1) is 35.0 Å². The van der Waals surface area contributed by atoms with Crippen molar-refractivity contribution >= 4 is 28.5 Å². The fraction of sp³-hybridized carbons (Fsp3) is 0.600. The number of hydrogen-bond donors (Lipinski definition) is 3. The van der Waals surface area contributed by atoms with Crippen molar-refractivity contribution in [3.63, 3.8) is 0 Å². The fourth-order valence-corrected chi connectivity index (χ4v) is 5.73. The van der Waals surface area contributed by atoms with Crippen LogP contribution in [0.4, 0.5) is 0 Å². The summed E-state index contributed by atoms with van der Waals surface area (Å²) in [5.41, 5.74) is 1.28. The van der Waals surface area contributed by atoms with Crippen LogP contribution >= 0.6 is 0 Å². The molecular formula is C30H38N4O5. The Hall–Kier alpha value is -3.38. The van der Waals surface area contributed by atoms with Gasteiger partial charge in [0.2, 0.25) is 11.8 Å². The highest BCUT2D eigenvalue weighted by Crippen LogP contribution is 2.37. The average Bonchev–Trinajstić information content (AvgIpc) is 3.50. The van der Waals surface area contributed by atoms with E-state index >= 15 is 0 Å². The van der Waals surface area contributed by atoms with E-state index in [1.807, 2.05) is 24.3 Å². The lowest BCUT2D eigenvalue weighted by atomic mass is 9.93. The molecule has 0 unspecified atom stereocenters. The molecule has 9 nitrogen and oxygen atoms in total. The van der Waals surface area contributed by atoms with Gasteiger partial charge in [-0.25, -0.2) is 0 Å². The minimum absolute atomic E-state index is 0.0666. The van der Waals surface area contributed by atoms with Gasteiger partial charge in [-0.05, 0) is 68.6 Å². The van der Waals surface area contributed by atoms with Crippen molar-refractivity contribution in [3.8, 4) is 11.8 Å². The number of benzene rings is 1. The summed E-state index contributed by atoms with van der Waals surface area (Å²) in [7, 11) is 0. The summed E-state index contributed by atoms with van der Waals surface area (Å²) in [4.78, 5) is 41.7. The van der Waals surface area contributed by atoms with Crippen molar-refractivity contribution in [2.24, 2.45) is 23.7 Å². The molecule has 2 aromatic rings. The average molecular weight is 535 g/mol. The Labute approximate surface area is 229 Å². The van der Waals surface area contributed by atoms with Crippen LogP contribution in [0.1, 0.15) is 68.3 Å². The van der Waals surface area contributed by atoms with Gasteiger partial charge in [-0.15, -0.1) is 0 Å². The maximum Gasteiger partial charge on any atom is 0.224 e. The molecule has 0 spiro atoms. The highest BCUT2D eigenvalue weighted by Gasteiger charge is 2.34. The molecule has 9 heteroatoms. The van der Waals surface area contributed by atoms with Gasteiger partial charge in [-0.2, -0.15) is 5.26 Å². The normalized spacial score (nSPS) is 21.2. The second-order valence-corrected chi connectivity index (χ2v) is 11.3. The lowest BCUT2D eigenvalue weighted by molar-refractivity contribution is -0.127. The summed E-state index contributed by atoms with van der Waals surface area (Å²) >= 11 is 0. The smallest absolute Gasteiger partial charge is 0.224 e. The van der Waals surface area contributed by atoms with E-state index in [4.69, 9.17) is 9.47 Å². The molecule has 1 aliphatic carbocycles. The summed E-state index contributed by atoms with van der Waals surface area (Å²) in [6.45, 7) is 2.85. The fourth-order valence-electron chi connectivity index (χ4n) is 5.73. The Morgan fingerprint density at radius 2 is 1.95 bits per heavy atom. The molecule has 39 heavy (non-hydrogen) atoms. The van der Waals surface area contributed by atoms with Crippen LogP contribution in [-0.4, -0.2) is 55.0 Å². The molecule has 1 saturated carbocycles. The van der Waals surface area contributed by atoms with Gasteiger partial charge < -0.3 is 25.1 Å². The number of fused-ring (bicyclic) bond motifs is 1. The number of rotatable bonds is 13. The van der Waals surface area contributed by atoms with E-state index in [0.29, 0.717) is 43.5 Å². The first kappa shape index (κ1) is 27.2. The van der Waals surface area contributed by atoms with Gasteiger partial charge in [0.1, 0.15) is 11.8 Å². The predicted octanol–water partition coefficient (Wildman–Crippen LogP) is 3.89. The van der Waals surface area contributed by atoms with Gasteiger partial charge in [-0.1, -0.05) is 18.9 Å². The van der Waals surface area contributed by atoms with Gasteiger partial charge >= 0.3 is 0 Å². The molecule has 208 valence electrons. The molecule has 3 fully saturated rings. The molecule has 1 aromatic heterocycles. The second kappa shape index (κ2) is 12.6. The summed E-state index contributed by atoms with van der Waals surface area (Å²) in [6.07, 6.45) is 6.87. The third-order valence-corrected chi connectivity index (χ3v) is 8.32. The Morgan fingerprint density at radius 3 is 2.67 bits per heavy atom. The molecule has 0 bridgehead atoms. The number of hydrogen-bond acceptors (Lipinski definition) is 6. The van der Waals surface area contributed by atoms with E-state index in [1.54, 1.807) is 0 Å². The van der Waals surface area contributed by atoms with Crippen molar-refractivity contribution in [1.29, 1.82) is 5.26 Å². The number of nitrogens with zero attached hydrogens (tertiary/aromatic N) is 1. The molecule has 2 aliphatic heterocycles. The number of nitriles is 1. The molecule has 3 atom stereocenters. The van der Waals surface area contributed by atoms with Crippen LogP contribution < -0.4 is 15.4 Å². The third-order valence-electron chi connectivity index (χ3n) is 8.32. The number of carbonyl (C=O) groups is 3. The van der Waals surface area contributed by atoms with Gasteiger partial charge in [0, 0.05) is 48.9 Å². The minimum Gasteiger partial charge on any atom is -0.493 e. The standard InChI is InChI=1S/C30H38N4O5/c31-18-23(15-21-6-10-32-29(21)36)33-30(37)22(14-20-4-5-20)16-27(35)26-17-24-25(34-26)2-1-3-28(24)39-13-9-19-7-11-38-12-8-19/h1-3,17,19-23,34H,4-16H2,(H,32,36)(H,33,37)/t21-,22+,23-/m0/s1. The zero-order valence-corrected chi connectivity index (χ0v) is 22.4. The number of nitrogens with one attached hydrogen (secondary N) is 3. The van der Waals surface area contributed by atoms with Gasteiger partial charge in [0.05, 0.1) is 18.4 Å². The Kier molecular flexibility index (Phi) is 8.82. The van der Waals surface area contributed by atoms with Crippen molar-refractivity contribution in [3.05, 3.63) is 30.0 Å². The second-order valence-electron chi connectivity index (χ2n) is 11.3. The molecular weight excluding hydrogens is 496 g/mol. The molecule has 1 aromatic carbocycles. The van der Waals surface area contributed by atoms with E-state index in [1.165, 1.54) is 0 Å². The number of Topliss-reactive ketones (excluding diaryl/α,β-unsaturated/α-hetero) is 1.